The Hall–Kier alpha value is -3.38. The normalized spacial score (nSPS) is 16.2. The fourth-order valence-corrected chi connectivity index (χ4v) is 3.70. The van der Waals surface area contributed by atoms with Crippen LogP contribution in [0.4, 0.5) is 11.8 Å². The largest absolute Gasteiger partial charge is 0.461 e. The molecule has 12 heteroatoms. The van der Waals surface area contributed by atoms with Gasteiger partial charge in [-0.05, 0) is 12.8 Å². The Morgan fingerprint density at radius 2 is 1.94 bits per heavy atom. The molecule has 0 radical (unpaired) electrons. The van der Waals surface area contributed by atoms with Crippen LogP contribution in [0.1, 0.15) is 31.4 Å². The van der Waals surface area contributed by atoms with E-state index in [9.17, 15) is 4.79 Å². The van der Waals surface area contributed by atoms with E-state index in [0.717, 1.165) is 29.4 Å². The molecule has 2 fully saturated rings. The average molecular weight is 454 g/mol. The topological polar surface area (TPSA) is 129 Å². The van der Waals surface area contributed by atoms with Gasteiger partial charge in [-0.15, -0.1) is 0 Å². The van der Waals surface area contributed by atoms with Gasteiger partial charge in [0.25, 0.3) is 5.95 Å². The minimum absolute atomic E-state index is 0.140. The summed E-state index contributed by atoms with van der Waals surface area (Å²) in [4.78, 5) is 31.6. The lowest BCUT2D eigenvalue weighted by molar-refractivity contribution is -0.114. The summed E-state index contributed by atoms with van der Waals surface area (Å²) < 4.78 is 17.9. The standard InChI is InChI=1S/C21H26N8O4/c1-12(30)23-17-8-16-15(9-22-17)18(13-4-5-13)27-29(16)20-24-19(28-10-14(11-28)32-3)25-21(26-20)33-7-6-31-2/h8-9,13-14H,4-7,10-11H2,1-3H3,(H,22,23,30). The number of carbonyl (C=O) groups excluding carboxylic acids is 1. The number of anilines is 2. The minimum atomic E-state index is -0.197. The summed E-state index contributed by atoms with van der Waals surface area (Å²) in [5, 5.41) is 8.49. The number of carbonyl (C=O) groups is 1. The summed E-state index contributed by atoms with van der Waals surface area (Å²) >= 11 is 0. The monoisotopic (exact) mass is 454 g/mol. The van der Waals surface area contributed by atoms with Crippen LogP contribution in [-0.4, -0.2) is 82.3 Å². The molecule has 33 heavy (non-hydrogen) atoms. The number of pyridine rings is 1. The number of hydrogen-bond donors (Lipinski definition) is 1. The second-order valence-corrected chi connectivity index (χ2v) is 8.16. The van der Waals surface area contributed by atoms with E-state index in [-0.39, 0.29) is 18.0 Å². The van der Waals surface area contributed by atoms with Crippen molar-refractivity contribution in [3.05, 3.63) is 18.0 Å². The van der Waals surface area contributed by atoms with Crippen molar-refractivity contribution >= 4 is 28.6 Å². The van der Waals surface area contributed by atoms with Crippen LogP contribution in [-0.2, 0) is 14.3 Å². The fraction of sp³-hybridized carbons (Fsp3) is 0.524. The van der Waals surface area contributed by atoms with Gasteiger partial charge >= 0.3 is 6.01 Å². The zero-order valence-electron chi connectivity index (χ0n) is 18.8. The first-order valence-corrected chi connectivity index (χ1v) is 10.9. The van der Waals surface area contributed by atoms with Crippen LogP contribution in [0.3, 0.4) is 0 Å². The van der Waals surface area contributed by atoms with Crippen LogP contribution >= 0.6 is 0 Å². The number of nitrogens with zero attached hydrogens (tertiary/aromatic N) is 7. The molecule has 0 atom stereocenters. The molecule has 0 spiro atoms. The quantitative estimate of drug-likeness (QED) is 0.472. The van der Waals surface area contributed by atoms with Gasteiger partial charge in [-0.2, -0.15) is 24.7 Å². The molecule has 1 amide bonds. The zero-order valence-corrected chi connectivity index (χ0v) is 18.8. The van der Waals surface area contributed by atoms with Crippen LogP contribution in [0.5, 0.6) is 6.01 Å². The lowest BCUT2D eigenvalue weighted by Crippen LogP contribution is -2.52. The Bertz CT molecular complexity index is 1170. The van der Waals surface area contributed by atoms with Crippen LogP contribution in [0.15, 0.2) is 12.3 Å². The van der Waals surface area contributed by atoms with Gasteiger partial charge in [-0.1, -0.05) is 0 Å². The van der Waals surface area contributed by atoms with E-state index in [4.69, 9.17) is 19.3 Å². The molecular formula is C21H26N8O4. The first-order chi connectivity index (χ1) is 16.1. The van der Waals surface area contributed by atoms with E-state index in [0.29, 0.717) is 49.9 Å². The highest BCUT2D eigenvalue weighted by Crippen LogP contribution is 2.43. The van der Waals surface area contributed by atoms with Gasteiger partial charge in [0.1, 0.15) is 12.4 Å². The lowest BCUT2D eigenvalue weighted by atomic mass is 10.2. The third kappa shape index (κ3) is 4.44. The maximum Gasteiger partial charge on any atom is 0.323 e. The smallest absolute Gasteiger partial charge is 0.323 e. The van der Waals surface area contributed by atoms with E-state index in [1.807, 2.05) is 4.90 Å². The first-order valence-electron chi connectivity index (χ1n) is 10.9. The fourth-order valence-electron chi connectivity index (χ4n) is 3.70. The van der Waals surface area contributed by atoms with E-state index in [1.165, 1.54) is 6.92 Å². The molecule has 12 nitrogen and oxygen atoms in total. The van der Waals surface area contributed by atoms with Crippen LogP contribution < -0.4 is 15.0 Å². The van der Waals surface area contributed by atoms with Crippen molar-refractivity contribution < 1.29 is 19.0 Å². The predicted octanol–water partition coefficient (Wildman–Crippen LogP) is 1.30. The van der Waals surface area contributed by atoms with Crippen LogP contribution in [0.2, 0.25) is 0 Å². The third-order valence-electron chi connectivity index (χ3n) is 5.63. The van der Waals surface area contributed by atoms with Crippen molar-refractivity contribution in [2.75, 3.05) is 50.7 Å². The summed E-state index contributed by atoms with van der Waals surface area (Å²) in [5.74, 6) is 1.46. The van der Waals surface area contributed by atoms with E-state index in [2.05, 4.69) is 25.3 Å². The summed E-state index contributed by atoms with van der Waals surface area (Å²) in [6.07, 6.45) is 4.05. The third-order valence-corrected chi connectivity index (χ3v) is 5.63. The molecule has 0 unspecified atom stereocenters. The molecule has 5 rings (SSSR count). The predicted molar refractivity (Wildman–Crippen MR) is 119 cm³/mol. The van der Waals surface area contributed by atoms with Gasteiger partial charge < -0.3 is 24.4 Å². The van der Waals surface area contributed by atoms with Crippen molar-refractivity contribution in [3.8, 4) is 12.0 Å². The minimum Gasteiger partial charge on any atom is -0.461 e. The van der Waals surface area contributed by atoms with Crippen LogP contribution in [0, 0.1) is 0 Å². The Labute approximate surface area is 190 Å². The van der Waals surface area contributed by atoms with Crippen molar-refractivity contribution in [1.82, 2.24) is 29.7 Å². The number of nitrogens with one attached hydrogen (secondary N) is 1. The van der Waals surface area contributed by atoms with Crippen molar-refractivity contribution in [3.63, 3.8) is 0 Å². The molecule has 1 saturated heterocycles. The number of methoxy groups -OCH3 is 2. The first kappa shape index (κ1) is 21.5. The lowest BCUT2D eigenvalue weighted by Gasteiger charge is -2.37. The summed E-state index contributed by atoms with van der Waals surface area (Å²) in [6, 6.07) is 1.98. The molecule has 1 aliphatic heterocycles. The molecule has 1 aliphatic carbocycles. The van der Waals surface area contributed by atoms with E-state index >= 15 is 0 Å². The van der Waals surface area contributed by atoms with Crippen molar-refractivity contribution in [2.45, 2.75) is 31.8 Å². The molecule has 4 heterocycles. The Kier molecular flexibility index (Phi) is 5.77. The summed E-state index contributed by atoms with van der Waals surface area (Å²) in [5.41, 5.74) is 1.72. The highest BCUT2D eigenvalue weighted by molar-refractivity contribution is 5.91. The van der Waals surface area contributed by atoms with Gasteiger partial charge in [0.15, 0.2) is 0 Å². The molecular weight excluding hydrogens is 428 g/mol. The van der Waals surface area contributed by atoms with Gasteiger partial charge in [0.2, 0.25) is 11.9 Å². The Morgan fingerprint density at radius 1 is 1.15 bits per heavy atom. The second kappa shape index (κ2) is 8.87. The molecule has 3 aromatic heterocycles. The average Bonchev–Trinajstić information content (AvgIpc) is 3.53. The van der Waals surface area contributed by atoms with Gasteiger partial charge in [0, 0.05) is 57.8 Å². The molecule has 1 N–H and O–H groups in total. The summed E-state index contributed by atoms with van der Waals surface area (Å²) in [7, 11) is 3.30. The van der Waals surface area contributed by atoms with Gasteiger partial charge in [0.05, 0.1) is 23.9 Å². The zero-order chi connectivity index (χ0) is 22.9. The molecule has 3 aromatic rings. The number of aromatic nitrogens is 6. The SMILES string of the molecule is COCCOc1nc(N2CC(OC)C2)nc(-n2nc(C3CC3)c3cnc(NC(C)=O)cc32)n1. The maximum absolute atomic E-state index is 11.6. The van der Waals surface area contributed by atoms with E-state index < -0.39 is 0 Å². The molecule has 1 saturated carbocycles. The highest BCUT2D eigenvalue weighted by atomic mass is 16.5. The van der Waals surface area contributed by atoms with Crippen molar-refractivity contribution in [1.29, 1.82) is 0 Å². The highest BCUT2D eigenvalue weighted by Gasteiger charge is 2.32. The molecule has 2 aliphatic rings. The van der Waals surface area contributed by atoms with Gasteiger partial charge in [-0.25, -0.2) is 4.98 Å². The number of ether oxygens (including phenoxy) is 3. The maximum atomic E-state index is 11.6. The summed E-state index contributed by atoms with van der Waals surface area (Å²) in [6.45, 7) is 3.53. The van der Waals surface area contributed by atoms with E-state index in [1.54, 1.807) is 31.2 Å². The number of amides is 1. The Morgan fingerprint density at radius 3 is 2.64 bits per heavy atom. The van der Waals surface area contributed by atoms with Gasteiger partial charge in [-0.3, -0.25) is 4.79 Å². The molecule has 0 aromatic carbocycles. The Balaban J connectivity index is 1.58. The number of hydrogen-bond acceptors (Lipinski definition) is 10. The molecule has 0 bridgehead atoms. The number of rotatable bonds is 9. The van der Waals surface area contributed by atoms with Crippen molar-refractivity contribution in [2.24, 2.45) is 0 Å². The van der Waals surface area contributed by atoms with Crippen LogP contribution in [0.25, 0.3) is 16.9 Å². The molecule has 174 valence electrons. The second-order valence-electron chi connectivity index (χ2n) is 8.16. The number of fused-ring (bicyclic) bond motifs is 1.